The first-order valence-corrected chi connectivity index (χ1v) is 11.8. The SMILES string of the molecule is CNC(=O)c1nn(C2(CC#N)CN(S(=O)(=O)C(C)C)C2)cc1-c1ncnc2c1ccn2CO. The van der Waals surface area contributed by atoms with Crippen molar-refractivity contribution in [3.8, 4) is 17.3 Å². The highest BCUT2D eigenvalue weighted by Crippen LogP contribution is 2.37. The normalized spacial score (nSPS) is 16.0. The summed E-state index contributed by atoms with van der Waals surface area (Å²) in [6.45, 7) is 3.10. The number of nitrogens with one attached hydrogen (secondary N) is 1. The van der Waals surface area contributed by atoms with Crippen molar-refractivity contribution >= 4 is 27.0 Å². The molecule has 1 aliphatic heterocycles. The fourth-order valence-electron chi connectivity index (χ4n) is 3.98. The maximum Gasteiger partial charge on any atom is 0.272 e. The van der Waals surface area contributed by atoms with E-state index in [0.29, 0.717) is 22.3 Å². The third-order valence-electron chi connectivity index (χ3n) is 5.91. The highest BCUT2D eigenvalue weighted by Gasteiger charge is 2.51. The van der Waals surface area contributed by atoms with Crippen molar-refractivity contribution < 1.29 is 18.3 Å². The summed E-state index contributed by atoms with van der Waals surface area (Å²) in [6, 6.07) is 3.86. The van der Waals surface area contributed by atoms with Gasteiger partial charge in [0.2, 0.25) is 10.0 Å². The average Bonchev–Trinajstić information content (AvgIpc) is 3.39. The van der Waals surface area contributed by atoms with Gasteiger partial charge in [0.05, 0.1) is 29.0 Å². The first-order chi connectivity index (χ1) is 15.7. The number of carbonyl (C=O) groups is 1. The molecule has 1 amide bonds. The van der Waals surface area contributed by atoms with Crippen LogP contribution in [0.25, 0.3) is 22.3 Å². The quantitative estimate of drug-likeness (QED) is 0.495. The van der Waals surface area contributed by atoms with E-state index in [-0.39, 0.29) is 31.9 Å². The fraction of sp³-hybridized carbons (Fsp3) is 0.450. The number of rotatable bonds is 7. The van der Waals surface area contributed by atoms with E-state index in [2.05, 4.69) is 26.5 Å². The smallest absolute Gasteiger partial charge is 0.272 e. The Bertz CT molecular complexity index is 1360. The van der Waals surface area contributed by atoms with Crippen LogP contribution in [0.3, 0.4) is 0 Å². The third-order valence-corrected chi connectivity index (χ3v) is 8.08. The lowest BCUT2D eigenvalue weighted by molar-refractivity contribution is 0.0700. The molecule has 0 aromatic carbocycles. The van der Waals surface area contributed by atoms with Crippen LogP contribution in [-0.4, -0.2) is 73.4 Å². The van der Waals surface area contributed by atoms with Gasteiger partial charge in [-0.15, -0.1) is 0 Å². The Balaban J connectivity index is 1.83. The van der Waals surface area contributed by atoms with E-state index < -0.39 is 26.7 Å². The summed E-state index contributed by atoms with van der Waals surface area (Å²) in [4.78, 5) is 21.2. The topological polar surface area (TPSA) is 159 Å². The lowest BCUT2D eigenvalue weighted by atomic mass is 9.89. The predicted molar refractivity (Wildman–Crippen MR) is 118 cm³/mol. The Morgan fingerprint density at radius 1 is 1.36 bits per heavy atom. The fourth-order valence-corrected chi connectivity index (χ4v) is 5.42. The molecule has 174 valence electrons. The Labute approximate surface area is 190 Å². The van der Waals surface area contributed by atoms with Crippen LogP contribution in [-0.2, 0) is 22.3 Å². The van der Waals surface area contributed by atoms with Gasteiger partial charge in [-0.1, -0.05) is 0 Å². The second-order valence-electron chi connectivity index (χ2n) is 8.22. The van der Waals surface area contributed by atoms with Gasteiger partial charge in [0.15, 0.2) is 5.69 Å². The van der Waals surface area contributed by atoms with Gasteiger partial charge in [-0.25, -0.2) is 18.4 Å². The Kier molecular flexibility index (Phi) is 5.69. The first-order valence-electron chi connectivity index (χ1n) is 10.3. The molecule has 13 heteroatoms. The molecule has 1 aliphatic rings. The summed E-state index contributed by atoms with van der Waals surface area (Å²) >= 11 is 0. The number of sulfonamides is 1. The van der Waals surface area contributed by atoms with Crippen LogP contribution in [0.5, 0.6) is 0 Å². The van der Waals surface area contributed by atoms with Crippen molar-refractivity contribution in [3.63, 3.8) is 0 Å². The summed E-state index contributed by atoms with van der Waals surface area (Å²) < 4.78 is 29.5. The van der Waals surface area contributed by atoms with Crippen LogP contribution in [0.2, 0.25) is 0 Å². The van der Waals surface area contributed by atoms with Crippen molar-refractivity contribution in [2.24, 2.45) is 0 Å². The molecule has 0 aliphatic carbocycles. The van der Waals surface area contributed by atoms with Gasteiger partial charge in [0.1, 0.15) is 24.2 Å². The van der Waals surface area contributed by atoms with E-state index in [1.807, 2.05) is 0 Å². The molecule has 0 atom stereocenters. The number of nitrogens with zero attached hydrogens (tertiary/aromatic N) is 7. The zero-order valence-electron chi connectivity index (χ0n) is 18.4. The van der Waals surface area contributed by atoms with Crippen LogP contribution in [0.4, 0.5) is 0 Å². The lowest BCUT2D eigenvalue weighted by Gasteiger charge is -2.48. The number of carbonyl (C=O) groups excluding carboxylic acids is 1. The van der Waals surface area contributed by atoms with E-state index in [4.69, 9.17) is 0 Å². The molecular weight excluding hydrogens is 448 g/mol. The number of hydrogen-bond donors (Lipinski definition) is 2. The molecule has 33 heavy (non-hydrogen) atoms. The molecule has 0 saturated carbocycles. The van der Waals surface area contributed by atoms with Gasteiger partial charge in [0.25, 0.3) is 5.91 Å². The molecule has 0 radical (unpaired) electrons. The summed E-state index contributed by atoms with van der Waals surface area (Å²) in [5.41, 5.74) is 0.537. The van der Waals surface area contributed by atoms with Crippen molar-refractivity contribution in [1.82, 2.24) is 33.9 Å². The van der Waals surface area contributed by atoms with Gasteiger partial charge in [-0.3, -0.25) is 9.48 Å². The molecular formula is C20H24N8O4S. The molecule has 1 saturated heterocycles. The maximum absolute atomic E-state index is 12.7. The van der Waals surface area contributed by atoms with Crippen LogP contribution < -0.4 is 5.32 Å². The molecule has 1 fully saturated rings. The zero-order valence-corrected chi connectivity index (χ0v) is 19.2. The van der Waals surface area contributed by atoms with Gasteiger partial charge in [0, 0.05) is 37.9 Å². The van der Waals surface area contributed by atoms with Crippen LogP contribution in [0.15, 0.2) is 24.8 Å². The van der Waals surface area contributed by atoms with Crippen LogP contribution >= 0.6 is 0 Å². The maximum atomic E-state index is 12.7. The van der Waals surface area contributed by atoms with Crippen molar-refractivity contribution in [3.05, 3.63) is 30.5 Å². The van der Waals surface area contributed by atoms with Crippen molar-refractivity contribution in [2.45, 2.75) is 37.8 Å². The summed E-state index contributed by atoms with van der Waals surface area (Å²) in [6.07, 6.45) is 4.63. The number of fused-ring (bicyclic) bond motifs is 1. The predicted octanol–water partition coefficient (Wildman–Crippen LogP) is 0.267. The van der Waals surface area contributed by atoms with E-state index in [0.717, 1.165) is 0 Å². The summed E-state index contributed by atoms with van der Waals surface area (Å²) in [7, 11) is -2.01. The van der Waals surface area contributed by atoms with Crippen LogP contribution in [0, 0.1) is 11.3 Å². The minimum atomic E-state index is -3.49. The highest BCUT2D eigenvalue weighted by molar-refractivity contribution is 7.89. The van der Waals surface area contributed by atoms with Gasteiger partial charge < -0.3 is 15.0 Å². The number of aliphatic hydroxyl groups is 1. The monoisotopic (exact) mass is 472 g/mol. The number of amides is 1. The second-order valence-corrected chi connectivity index (χ2v) is 10.7. The Hall–Kier alpha value is -3.34. The number of aromatic nitrogens is 5. The lowest BCUT2D eigenvalue weighted by Crippen LogP contribution is -2.65. The van der Waals surface area contributed by atoms with E-state index in [1.165, 1.54) is 26.9 Å². The molecule has 0 bridgehead atoms. The number of nitriles is 1. The van der Waals surface area contributed by atoms with Gasteiger partial charge >= 0.3 is 0 Å². The second kappa shape index (κ2) is 8.22. The number of aliphatic hydroxyl groups excluding tert-OH is 1. The Morgan fingerprint density at radius 3 is 2.70 bits per heavy atom. The van der Waals surface area contributed by atoms with E-state index in [9.17, 15) is 23.6 Å². The minimum Gasteiger partial charge on any atom is -0.376 e. The van der Waals surface area contributed by atoms with Gasteiger partial charge in [-0.05, 0) is 19.9 Å². The molecule has 0 spiro atoms. The summed E-state index contributed by atoms with van der Waals surface area (Å²) in [5.74, 6) is -0.449. The largest absolute Gasteiger partial charge is 0.376 e. The molecule has 3 aromatic rings. The molecule has 0 unspecified atom stereocenters. The van der Waals surface area contributed by atoms with Gasteiger partial charge in [-0.2, -0.15) is 14.7 Å². The Morgan fingerprint density at radius 2 is 2.09 bits per heavy atom. The standard InChI is InChI=1S/C20H24N8O4S/c1-13(2)33(31,32)27-9-20(10-27,5-6-21)28-8-15(17(25-28)19(30)22-3)16-14-4-7-26(12-29)18(14)24-11-23-16/h4,7-8,11,13,29H,5,9-10,12H2,1-3H3,(H,22,30). The third kappa shape index (κ3) is 3.56. The zero-order chi connectivity index (χ0) is 24.0. The van der Waals surface area contributed by atoms with Crippen LogP contribution in [0.1, 0.15) is 30.8 Å². The first kappa shape index (κ1) is 22.8. The number of hydrogen-bond acceptors (Lipinski definition) is 8. The van der Waals surface area contributed by atoms with Crippen molar-refractivity contribution in [1.29, 1.82) is 5.26 Å². The van der Waals surface area contributed by atoms with Crippen molar-refractivity contribution in [2.75, 3.05) is 20.1 Å². The van der Waals surface area contributed by atoms with E-state index >= 15 is 0 Å². The minimum absolute atomic E-state index is 0.0193. The average molecular weight is 473 g/mol. The molecule has 4 rings (SSSR count). The highest BCUT2D eigenvalue weighted by atomic mass is 32.2. The van der Waals surface area contributed by atoms with E-state index in [1.54, 1.807) is 32.3 Å². The molecule has 3 aromatic heterocycles. The molecule has 4 heterocycles. The summed E-state index contributed by atoms with van der Waals surface area (Å²) in [5, 5.41) is 26.1. The molecule has 2 N–H and O–H groups in total. The molecule has 12 nitrogen and oxygen atoms in total.